The average Bonchev–Trinajstić information content (AvgIpc) is 2.62. The number of hydrogen-bond acceptors (Lipinski definition) is 3. The summed E-state index contributed by atoms with van der Waals surface area (Å²) < 4.78 is 5.35. The lowest BCUT2D eigenvalue weighted by Crippen LogP contribution is -2.15. The third kappa shape index (κ3) is 3.17. The third-order valence-electron chi connectivity index (χ3n) is 3.54. The van der Waals surface area contributed by atoms with Gasteiger partial charge in [-0.25, -0.2) is 9.59 Å². The molecule has 3 aromatic rings. The maximum absolute atomic E-state index is 12.6. The summed E-state index contributed by atoms with van der Waals surface area (Å²) in [5.74, 6) is -1.51. The van der Waals surface area contributed by atoms with E-state index in [4.69, 9.17) is 4.74 Å². The number of carboxylic acids is 1. The van der Waals surface area contributed by atoms with Crippen molar-refractivity contribution in [1.29, 1.82) is 0 Å². The Kier molecular flexibility index (Phi) is 4.38. The molecule has 3 rings (SSSR count). The summed E-state index contributed by atoms with van der Waals surface area (Å²) in [5.41, 5.74) is 1.23. The molecule has 24 heavy (non-hydrogen) atoms. The summed E-state index contributed by atoms with van der Waals surface area (Å²) in [6.45, 7) is 0. The molecule has 0 bridgehead atoms. The van der Waals surface area contributed by atoms with Crippen LogP contribution in [0.1, 0.15) is 20.7 Å². The SMILES string of the molecule is O=C(O)c1cccc(-c2ccccc2)c1C(=O)Oc1ccccc1. The Balaban J connectivity index is 2.10. The topological polar surface area (TPSA) is 63.6 Å². The van der Waals surface area contributed by atoms with Crippen LogP contribution in [0.15, 0.2) is 78.9 Å². The van der Waals surface area contributed by atoms with E-state index >= 15 is 0 Å². The molecular formula is C20H14O4. The Morgan fingerprint density at radius 1 is 0.750 bits per heavy atom. The lowest BCUT2D eigenvalue weighted by Gasteiger charge is -2.12. The van der Waals surface area contributed by atoms with Gasteiger partial charge in [0.15, 0.2) is 0 Å². The van der Waals surface area contributed by atoms with E-state index in [-0.39, 0.29) is 11.1 Å². The quantitative estimate of drug-likeness (QED) is 0.576. The van der Waals surface area contributed by atoms with Gasteiger partial charge in [0.25, 0.3) is 0 Å². The second kappa shape index (κ2) is 6.79. The van der Waals surface area contributed by atoms with Crippen LogP contribution in [0.2, 0.25) is 0 Å². The fourth-order valence-electron chi connectivity index (χ4n) is 2.46. The van der Waals surface area contributed by atoms with Crippen molar-refractivity contribution in [2.75, 3.05) is 0 Å². The zero-order valence-corrected chi connectivity index (χ0v) is 12.7. The molecule has 4 nitrogen and oxygen atoms in total. The second-order valence-corrected chi connectivity index (χ2v) is 5.10. The molecule has 0 saturated carbocycles. The molecule has 0 unspecified atom stereocenters. The highest BCUT2D eigenvalue weighted by atomic mass is 16.5. The van der Waals surface area contributed by atoms with Gasteiger partial charge in [0.1, 0.15) is 5.75 Å². The smallest absolute Gasteiger partial charge is 0.345 e. The lowest BCUT2D eigenvalue weighted by atomic mass is 9.95. The Labute approximate surface area is 139 Å². The molecule has 0 aromatic heterocycles. The fourth-order valence-corrected chi connectivity index (χ4v) is 2.46. The molecule has 0 aliphatic heterocycles. The number of carbonyl (C=O) groups is 2. The first-order valence-corrected chi connectivity index (χ1v) is 7.36. The van der Waals surface area contributed by atoms with Gasteiger partial charge < -0.3 is 9.84 Å². The fraction of sp³-hybridized carbons (Fsp3) is 0. The van der Waals surface area contributed by atoms with Gasteiger partial charge in [0, 0.05) is 0 Å². The lowest BCUT2D eigenvalue weighted by molar-refractivity contribution is 0.0668. The van der Waals surface area contributed by atoms with Gasteiger partial charge in [-0.3, -0.25) is 0 Å². The minimum atomic E-state index is -1.17. The van der Waals surface area contributed by atoms with Crippen molar-refractivity contribution in [2.45, 2.75) is 0 Å². The van der Waals surface area contributed by atoms with E-state index in [0.29, 0.717) is 11.3 Å². The minimum Gasteiger partial charge on any atom is -0.478 e. The van der Waals surface area contributed by atoms with E-state index in [1.54, 1.807) is 42.5 Å². The predicted octanol–water partition coefficient (Wildman–Crippen LogP) is 4.27. The summed E-state index contributed by atoms with van der Waals surface area (Å²) in [5, 5.41) is 9.44. The van der Waals surface area contributed by atoms with Gasteiger partial charge in [-0.2, -0.15) is 0 Å². The summed E-state index contributed by atoms with van der Waals surface area (Å²) in [7, 11) is 0. The highest BCUT2D eigenvalue weighted by molar-refractivity contribution is 6.08. The van der Waals surface area contributed by atoms with Gasteiger partial charge in [-0.15, -0.1) is 0 Å². The van der Waals surface area contributed by atoms with Gasteiger partial charge in [0.2, 0.25) is 0 Å². The van der Waals surface area contributed by atoms with Crippen LogP contribution in [0.3, 0.4) is 0 Å². The van der Waals surface area contributed by atoms with Gasteiger partial charge in [-0.05, 0) is 29.3 Å². The molecule has 0 fully saturated rings. The number of benzene rings is 3. The molecule has 0 amide bonds. The molecule has 0 spiro atoms. The van der Waals surface area contributed by atoms with Crippen LogP contribution < -0.4 is 4.74 Å². The number of esters is 1. The number of aromatic carboxylic acids is 1. The van der Waals surface area contributed by atoms with E-state index < -0.39 is 11.9 Å². The Morgan fingerprint density at radius 3 is 2.00 bits per heavy atom. The Morgan fingerprint density at radius 2 is 1.38 bits per heavy atom. The second-order valence-electron chi connectivity index (χ2n) is 5.10. The Bertz CT molecular complexity index is 871. The molecule has 0 aliphatic carbocycles. The largest absolute Gasteiger partial charge is 0.478 e. The summed E-state index contributed by atoms with van der Waals surface area (Å²) >= 11 is 0. The number of carbonyl (C=O) groups excluding carboxylic acids is 1. The number of carboxylic acid groups (broad SMARTS) is 1. The molecule has 1 N–H and O–H groups in total. The zero-order valence-electron chi connectivity index (χ0n) is 12.7. The molecular weight excluding hydrogens is 304 g/mol. The average molecular weight is 318 g/mol. The number of hydrogen-bond donors (Lipinski definition) is 1. The van der Waals surface area contributed by atoms with Crippen LogP contribution in [0.4, 0.5) is 0 Å². The highest BCUT2D eigenvalue weighted by Gasteiger charge is 2.23. The standard InChI is InChI=1S/C20H14O4/c21-19(22)17-13-7-12-16(14-8-3-1-4-9-14)18(17)20(23)24-15-10-5-2-6-11-15/h1-13H,(H,21,22). The third-order valence-corrected chi connectivity index (χ3v) is 3.54. The first kappa shape index (κ1) is 15.5. The summed E-state index contributed by atoms with van der Waals surface area (Å²) in [6, 6.07) is 22.4. The van der Waals surface area contributed by atoms with E-state index in [9.17, 15) is 14.7 Å². The van der Waals surface area contributed by atoms with Crippen molar-refractivity contribution in [3.63, 3.8) is 0 Å². The van der Waals surface area contributed by atoms with Gasteiger partial charge in [0.05, 0.1) is 11.1 Å². The van der Waals surface area contributed by atoms with Crippen LogP contribution >= 0.6 is 0 Å². The number of ether oxygens (including phenoxy) is 1. The van der Waals surface area contributed by atoms with Crippen molar-refractivity contribution in [3.8, 4) is 16.9 Å². The number of rotatable bonds is 4. The molecule has 0 radical (unpaired) electrons. The Hall–Kier alpha value is -3.40. The van der Waals surface area contributed by atoms with E-state index in [2.05, 4.69) is 0 Å². The normalized spacial score (nSPS) is 10.2. The molecule has 0 heterocycles. The minimum absolute atomic E-state index is 0.0417. The van der Waals surface area contributed by atoms with Crippen molar-refractivity contribution in [3.05, 3.63) is 90.0 Å². The van der Waals surface area contributed by atoms with E-state index in [0.717, 1.165) is 5.56 Å². The monoisotopic (exact) mass is 318 g/mol. The van der Waals surface area contributed by atoms with Crippen LogP contribution in [-0.4, -0.2) is 17.0 Å². The molecule has 3 aromatic carbocycles. The predicted molar refractivity (Wildman–Crippen MR) is 90.2 cm³/mol. The van der Waals surface area contributed by atoms with Crippen molar-refractivity contribution in [1.82, 2.24) is 0 Å². The highest BCUT2D eigenvalue weighted by Crippen LogP contribution is 2.28. The first-order chi connectivity index (χ1) is 11.7. The van der Waals surface area contributed by atoms with Crippen molar-refractivity contribution < 1.29 is 19.4 Å². The van der Waals surface area contributed by atoms with E-state index in [1.807, 2.05) is 30.3 Å². The van der Waals surface area contributed by atoms with Crippen molar-refractivity contribution >= 4 is 11.9 Å². The van der Waals surface area contributed by atoms with E-state index in [1.165, 1.54) is 6.07 Å². The van der Waals surface area contributed by atoms with Crippen LogP contribution in [0, 0.1) is 0 Å². The summed E-state index contributed by atoms with van der Waals surface area (Å²) in [4.78, 5) is 24.2. The maximum Gasteiger partial charge on any atom is 0.345 e. The molecule has 0 atom stereocenters. The van der Waals surface area contributed by atoms with Crippen LogP contribution in [0.5, 0.6) is 5.75 Å². The maximum atomic E-state index is 12.6. The molecule has 0 aliphatic rings. The molecule has 4 heteroatoms. The van der Waals surface area contributed by atoms with Gasteiger partial charge in [-0.1, -0.05) is 60.7 Å². The molecule has 0 saturated heterocycles. The first-order valence-electron chi connectivity index (χ1n) is 7.36. The summed E-state index contributed by atoms with van der Waals surface area (Å²) in [6.07, 6.45) is 0. The van der Waals surface area contributed by atoms with Gasteiger partial charge >= 0.3 is 11.9 Å². The van der Waals surface area contributed by atoms with Crippen LogP contribution in [0.25, 0.3) is 11.1 Å². The molecule has 118 valence electrons. The van der Waals surface area contributed by atoms with Crippen LogP contribution in [-0.2, 0) is 0 Å². The number of para-hydroxylation sites is 1. The zero-order chi connectivity index (χ0) is 16.9. The van der Waals surface area contributed by atoms with Crippen molar-refractivity contribution in [2.24, 2.45) is 0 Å².